The number of hydrogen-bond acceptors (Lipinski definition) is 5. The molecule has 0 spiro atoms. The van der Waals surface area contributed by atoms with Crippen LogP contribution in [-0.4, -0.2) is 28.5 Å². The first-order chi connectivity index (χ1) is 7.18. The van der Waals surface area contributed by atoms with Gasteiger partial charge in [-0.3, -0.25) is 4.79 Å². The van der Waals surface area contributed by atoms with Crippen molar-refractivity contribution in [2.75, 3.05) is 17.2 Å². The number of anilines is 2. The number of amides is 1. The van der Waals surface area contributed by atoms with Crippen LogP contribution in [0.5, 0.6) is 0 Å². The third-order valence-electron chi connectivity index (χ3n) is 2.55. The summed E-state index contributed by atoms with van der Waals surface area (Å²) in [5.41, 5.74) is 10.9. The second kappa shape index (κ2) is 3.72. The molecule has 0 aliphatic carbocycles. The molecular formula is C9H13N5O. The lowest BCUT2D eigenvalue weighted by Gasteiger charge is -2.22. The number of aromatic nitrogens is 2. The fourth-order valence-electron chi connectivity index (χ4n) is 1.86. The maximum absolute atomic E-state index is 11.2. The summed E-state index contributed by atoms with van der Waals surface area (Å²) in [6.45, 7) is 0.782. The van der Waals surface area contributed by atoms with Crippen LogP contribution < -0.4 is 16.4 Å². The lowest BCUT2D eigenvalue weighted by Crippen LogP contribution is -2.40. The molecule has 0 aromatic carbocycles. The SMILES string of the molecule is NC(=O)C1CCCN1c1cc(N)ncn1. The Bertz CT molecular complexity index is 381. The standard InChI is InChI=1S/C9H13N5O/c10-7-4-8(13-5-12-7)14-3-1-2-6(14)9(11)15/h4-6H,1-3H2,(H2,11,15)(H2,10,12,13). The molecule has 15 heavy (non-hydrogen) atoms. The van der Waals surface area contributed by atoms with E-state index in [0.717, 1.165) is 19.4 Å². The molecule has 0 saturated carbocycles. The lowest BCUT2D eigenvalue weighted by molar-refractivity contribution is -0.119. The highest BCUT2D eigenvalue weighted by molar-refractivity contribution is 5.84. The van der Waals surface area contributed by atoms with Gasteiger partial charge in [0.2, 0.25) is 5.91 Å². The van der Waals surface area contributed by atoms with Gasteiger partial charge in [0.15, 0.2) is 0 Å². The van der Waals surface area contributed by atoms with Crippen molar-refractivity contribution in [3.05, 3.63) is 12.4 Å². The van der Waals surface area contributed by atoms with E-state index in [1.54, 1.807) is 6.07 Å². The van der Waals surface area contributed by atoms with Gasteiger partial charge in [0.05, 0.1) is 0 Å². The number of carbonyl (C=O) groups is 1. The van der Waals surface area contributed by atoms with Gasteiger partial charge >= 0.3 is 0 Å². The van der Waals surface area contributed by atoms with Crippen LogP contribution in [0.2, 0.25) is 0 Å². The average molecular weight is 207 g/mol. The molecule has 2 rings (SSSR count). The third kappa shape index (κ3) is 1.83. The van der Waals surface area contributed by atoms with Crippen LogP contribution in [0.15, 0.2) is 12.4 Å². The summed E-state index contributed by atoms with van der Waals surface area (Å²) in [6, 6.07) is 1.39. The lowest BCUT2D eigenvalue weighted by atomic mass is 10.2. The van der Waals surface area contributed by atoms with Gasteiger partial charge in [-0.2, -0.15) is 0 Å². The smallest absolute Gasteiger partial charge is 0.240 e. The molecule has 1 aromatic rings. The zero-order valence-electron chi connectivity index (χ0n) is 8.26. The summed E-state index contributed by atoms with van der Waals surface area (Å²) in [5.74, 6) is 0.753. The molecule has 1 amide bonds. The van der Waals surface area contributed by atoms with Gasteiger partial charge in [-0.05, 0) is 12.8 Å². The highest BCUT2D eigenvalue weighted by atomic mass is 16.1. The zero-order chi connectivity index (χ0) is 10.8. The van der Waals surface area contributed by atoms with Crippen molar-refractivity contribution in [2.45, 2.75) is 18.9 Å². The Morgan fingerprint density at radius 3 is 3.00 bits per heavy atom. The van der Waals surface area contributed by atoms with Crippen LogP contribution in [0.4, 0.5) is 11.6 Å². The van der Waals surface area contributed by atoms with Crippen LogP contribution in [0.25, 0.3) is 0 Å². The molecule has 1 unspecified atom stereocenters. The molecule has 1 aromatic heterocycles. The number of carbonyl (C=O) groups excluding carboxylic acids is 1. The summed E-state index contributed by atoms with van der Waals surface area (Å²) in [6.07, 6.45) is 3.11. The Labute approximate surface area is 87.3 Å². The molecular weight excluding hydrogens is 194 g/mol. The van der Waals surface area contributed by atoms with E-state index in [1.165, 1.54) is 6.33 Å². The summed E-state index contributed by atoms with van der Waals surface area (Å²) < 4.78 is 0. The Morgan fingerprint density at radius 1 is 1.53 bits per heavy atom. The van der Waals surface area contributed by atoms with E-state index >= 15 is 0 Å². The molecule has 1 aliphatic rings. The minimum Gasteiger partial charge on any atom is -0.384 e. The molecule has 80 valence electrons. The Morgan fingerprint density at radius 2 is 2.33 bits per heavy atom. The molecule has 1 aliphatic heterocycles. The Hall–Kier alpha value is -1.85. The average Bonchev–Trinajstić information content (AvgIpc) is 2.65. The van der Waals surface area contributed by atoms with E-state index < -0.39 is 0 Å². The van der Waals surface area contributed by atoms with E-state index in [1.807, 2.05) is 4.90 Å². The van der Waals surface area contributed by atoms with E-state index in [9.17, 15) is 4.79 Å². The number of nitrogen functional groups attached to an aromatic ring is 1. The highest BCUT2D eigenvalue weighted by Gasteiger charge is 2.29. The van der Waals surface area contributed by atoms with Gasteiger partial charge in [-0.25, -0.2) is 9.97 Å². The quantitative estimate of drug-likeness (QED) is 0.682. The van der Waals surface area contributed by atoms with Gasteiger partial charge in [-0.15, -0.1) is 0 Å². The maximum atomic E-state index is 11.2. The highest BCUT2D eigenvalue weighted by Crippen LogP contribution is 2.23. The van der Waals surface area contributed by atoms with Gasteiger partial charge in [0.1, 0.15) is 24.0 Å². The topological polar surface area (TPSA) is 98.1 Å². The van der Waals surface area contributed by atoms with Crippen molar-refractivity contribution in [3.63, 3.8) is 0 Å². The number of nitrogens with zero attached hydrogens (tertiary/aromatic N) is 3. The van der Waals surface area contributed by atoms with Crippen LogP contribution in [0.3, 0.4) is 0 Å². The number of rotatable bonds is 2. The monoisotopic (exact) mass is 207 g/mol. The van der Waals surface area contributed by atoms with Crippen LogP contribution in [0.1, 0.15) is 12.8 Å². The van der Waals surface area contributed by atoms with E-state index in [0.29, 0.717) is 11.6 Å². The molecule has 1 saturated heterocycles. The summed E-state index contributed by atoms with van der Waals surface area (Å²) in [4.78, 5) is 20.9. The molecule has 0 bridgehead atoms. The summed E-state index contributed by atoms with van der Waals surface area (Å²) >= 11 is 0. The van der Waals surface area contributed by atoms with Crippen molar-refractivity contribution in [3.8, 4) is 0 Å². The second-order valence-electron chi connectivity index (χ2n) is 3.55. The van der Waals surface area contributed by atoms with Crippen molar-refractivity contribution in [1.82, 2.24) is 9.97 Å². The summed E-state index contributed by atoms with van der Waals surface area (Å²) in [5, 5.41) is 0. The molecule has 0 radical (unpaired) electrons. The minimum atomic E-state index is -0.315. The van der Waals surface area contributed by atoms with Crippen molar-refractivity contribution in [1.29, 1.82) is 0 Å². The zero-order valence-corrected chi connectivity index (χ0v) is 8.26. The van der Waals surface area contributed by atoms with Gasteiger partial charge in [0, 0.05) is 12.6 Å². The van der Waals surface area contributed by atoms with E-state index in [-0.39, 0.29) is 11.9 Å². The predicted molar refractivity (Wildman–Crippen MR) is 56.0 cm³/mol. The van der Waals surface area contributed by atoms with Crippen LogP contribution >= 0.6 is 0 Å². The number of nitrogens with two attached hydrogens (primary N) is 2. The fourth-order valence-corrected chi connectivity index (χ4v) is 1.86. The maximum Gasteiger partial charge on any atom is 0.240 e. The van der Waals surface area contributed by atoms with Crippen LogP contribution in [-0.2, 0) is 4.79 Å². The number of primary amides is 1. The molecule has 6 nitrogen and oxygen atoms in total. The molecule has 6 heteroatoms. The second-order valence-corrected chi connectivity index (χ2v) is 3.55. The molecule has 1 atom stereocenters. The number of hydrogen-bond donors (Lipinski definition) is 2. The first kappa shape index (κ1) is 9.70. The van der Waals surface area contributed by atoms with Crippen molar-refractivity contribution >= 4 is 17.5 Å². The van der Waals surface area contributed by atoms with Gasteiger partial charge < -0.3 is 16.4 Å². The van der Waals surface area contributed by atoms with Gasteiger partial charge in [-0.1, -0.05) is 0 Å². The first-order valence-electron chi connectivity index (χ1n) is 4.82. The molecule has 4 N–H and O–H groups in total. The summed E-state index contributed by atoms with van der Waals surface area (Å²) in [7, 11) is 0. The minimum absolute atomic E-state index is 0.265. The fraction of sp³-hybridized carbons (Fsp3) is 0.444. The van der Waals surface area contributed by atoms with E-state index in [4.69, 9.17) is 11.5 Å². The van der Waals surface area contributed by atoms with Crippen molar-refractivity contribution < 1.29 is 4.79 Å². The first-order valence-corrected chi connectivity index (χ1v) is 4.82. The normalized spacial score (nSPS) is 20.5. The largest absolute Gasteiger partial charge is 0.384 e. The van der Waals surface area contributed by atoms with Gasteiger partial charge in [0.25, 0.3) is 0 Å². The Balaban J connectivity index is 2.26. The van der Waals surface area contributed by atoms with Crippen molar-refractivity contribution in [2.24, 2.45) is 5.73 Å². The van der Waals surface area contributed by atoms with Crippen LogP contribution in [0, 0.1) is 0 Å². The predicted octanol–water partition coefficient (Wildman–Crippen LogP) is -0.487. The molecule has 1 fully saturated rings. The van der Waals surface area contributed by atoms with E-state index in [2.05, 4.69) is 9.97 Å². The molecule has 2 heterocycles. The Kier molecular flexibility index (Phi) is 2.40. The third-order valence-corrected chi connectivity index (χ3v) is 2.55.